The molecule has 2 aromatic rings. The van der Waals surface area contributed by atoms with E-state index in [9.17, 15) is 0 Å². The summed E-state index contributed by atoms with van der Waals surface area (Å²) in [6, 6.07) is 12.6. The molecule has 0 amide bonds. The maximum atomic E-state index is 5.91. The van der Waals surface area contributed by atoms with Crippen molar-refractivity contribution in [2.45, 2.75) is 20.0 Å². The van der Waals surface area contributed by atoms with E-state index in [2.05, 4.69) is 54.5 Å². The van der Waals surface area contributed by atoms with Gasteiger partial charge in [-0.1, -0.05) is 35.9 Å². The van der Waals surface area contributed by atoms with E-state index >= 15 is 0 Å². The van der Waals surface area contributed by atoms with Crippen molar-refractivity contribution in [2.24, 2.45) is 0 Å². The van der Waals surface area contributed by atoms with Crippen molar-refractivity contribution in [2.75, 3.05) is 20.1 Å². The van der Waals surface area contributed by atoms with Crippen LogP contribution in [0.15, 0.2) is 36.4 Å². The molecule has 0 aliphatic heterocycles. The molecule has 1 heterocycles. The quantitative estimate of drug-likeness (QED) is 0.780. The van der Waals surface area contributed by atoms with Gasteiger partial charge >= 0.3 is 0 Å². The molecule has 0 fully saturated rings. The predicted molar refractivity (Wildman–Crippen MR) is 88.5 cm³/mol. The molecule has 1 N–H and O–H groups in total. The van der Waals surface area contributed by atoms with Crippen molar-refractivity contribution >= 4 is 22.9 Å². The minimum absolute atomic E-state index is 0.860. The Hall–Kier alpha value is -0.870. The Bertz CT molecular complexity index is 539. The first-order valence-corrected chi connectivity index (χ1v) is 8.02. The van der Waals surface area contributed by atoms with Crippen LogP contribution in [-0.4, -0.2) is 25.0 Å². The van der Waals surface area contributed by atoms with Gasteiger partial charge in [0.2, 0.25) is 0 Å². The molecule has 2 rings (SSSR count). The van der Waals surface area contributed by atoms with Gasteiger partial charge in [0, 0.05) is 31.1 Å². The first-order chi connectivity index (χ1) is 9.65. The Morgan fingerprint density at radius 3 is 2.70 bits per heavy atom. The lowest BCUT2D eigenvalue weighted by molar-refractivity contribution is 0.323. The summed E-state index contributed by atoms with van der Waals surface area (Å²) in [7, 11) is 2.16. The monoisotopic (exact) mass is 308 g/mol. The molecule has 1 aromatic heterocycles. The number of likely N-dealkylation sites (N-methyl/N-ethyl adjacent to an activating group) is 1. The Morgan fingerprint density at radius 1 is 1.20 bits per heavy atom. The number of hydrogen-bond donors (Lipinski definition) is 1. The average Bonchev–Trinajstić information content (AvgIpc) is 2.83. The molecule has 2 nitrogen and oxygen atoms in total. The fourth-order valence-electron chi connectivity index (χ4n) is 2.09. The van der Waals surface area contributed by atoms with Crippen LogP contribution in [0.3, 0.4) is 0 Å². The van der Waals surface area contributed by atoms with Crippen molar-refractivity contribution in [3.63, 3.8) is 0 Å². The summed E-state index contributed by atoms with van der Waals surface area (Å²) in [6.07, 6.45) is 0. The van der Waals surface area contributed by atoms with Gasteiger partial charge in [0.1, 0.15) is 0 Å². The lowest BCUT2D eigenvalue weighted by atomic mass is 10.1. The molecule has 1 aromatic carbocycles. The molecule has 0 bridgehead atoms. The number of nitrogens with one attached hydrogen (secondary N) is 1. The van der Waals surface area contributed by atoms with Gasteiger partial charge in [-0.15, -0.1) is 11.3 Å². The number of nitrogens with zero attached hydrogens (tertiary/aromatic N) is 1. The van der Waals surface area contributed by atoms with Crippen LogP contribution in [0, 0.1) is 6.92 Å². The highest BCUT2D eigenvalue weighted by Crippen LogP contribution is 2.20. The van der Waals surface area contributed by atoms with Crippen LogP contribution in [0.1, 0.15) is 16.0 Å². The van der Waals surface area contributed by atoms with Crippen LogP contribution in [0.25, 0.3) is 0 Å². The summed E-state index contributed by atoms with van der Waals surface area (Å²) in [5, 5.41) is 3.46. The van der Waals surface area contributed by atoms with Crippen molar-refractivity contribution < 1.29 is 0 Å². The summed E-state index contributed by atoms with van der Waals surface area (Å²) in [5.41, 5.74) is 2.76. The van der Waals surface area contributed by atoms with Gasteiger partial charge in [-0.3, -0.25) is 0 Å². The minimum Gasteiger partial charge on any atom is -0.311 e. The summed E-state index contributed by atoms with van der Waals surface area (Å²) < 4.78 is 0.860. The largest absolute Gasteiger partial charge is 0.311 e. The molecule has 108 valence electrons. The van der Waals surface area contributed by atoms with Crippen molar-refractivity contribution in [3.05, 3.63) is 56.7 Å². The van der Waals surface area contributed by atoms with E-state index in [1.807, 2.05) is 6.07 Å². The SMILES string of the molecule is Cc1ccccc1CN(C)CCNCc1ccc(Cl)s1. The zero-order valence-electron chi connectivity index (χ0n) is 12.0. The van der Waals surface area contributed by atoms with E-state index in [0.29, 0.717) is 0 Å². The number of halogens is 1. The van der Waals surface area contributed by atoms with Gasteiger partial charge in [-0.25, -0.2) is 0 Å². The molecule has 0 spiro atoms. The highest BCUT2D eigenvalue weighted by molar-refractivity contribution is 7.16. The lowest BCUT2D eigenvalue weighted by Gasteiger charge is -2.18. The Morgan fingerprint density at radius 2 is 2.00 bits per heavy atom. The number of rotatable bonds is 7. The van der Waals surface area contributed by atoms with Crippen LogP contribution in [0.4, 0.5) is 0 Å². The smallest absolute Gasteiger partial charge is 0.0931 e. The number of aryl methyl sites for hydroxylation is 1. The Balaban J connectivity index is 1.68. The van der Waals surface area contributed by atoms with Gasteiger partial charge in [0.05, 0.1) is 4.34 Å². The van der Waals surface area contributed by atoms with Crippen LogP contribution >= 0.6 is 22.9 Å². The summed E-state index contributed by atoms with van der Waals surface area (Å²) in [4.78, 5) is 3.63. The van der Waals surface area contributed by atoms with Crippen LogP contribution in [0.5, 0.6) is 0 Å². The lowest BCUT2D eigenvalue weighted by Crippen LogP contribution is -2.28. The van der Waals surface area contributed by atoms with Gasteiger partial charge in [0.25, 0.3) is 0 Å². The first-order valence-electron chi connectivity index (χ1n) is 6.83. The molecule has 0 radical (unpaired) electrons. The molecule has 0 saturated heterocycles. The Labute approximate surface area is 130 Å². The molecule has 0 aliphatic carbocycles. The first kappa shape index (κ1) is 15.5. The highest BCUT2D eigenvalue weighted by atomic mass is 35.5. The van der Waals surface area contributed by atoms with Crippen molar-refractivity contribution in [3.8, 4) is 0 Å². The molecule has 20 heavy (non-hydrogen) atoms. The topological polar surface area (TPSA) is 15.3 Å². The van der Waals surface area contributed by atoms with Crippen LogP contribution in [-0.2, 0) is 13.1 Å². The second-order valence-electron chi connectivity index (χ2n) is 5.05. The summed E-state index contributed by atoms with van der Waals surface area (Å²) in [5.74, 6) is 0. The zero-order valence-corrected chi connectivity index (χ0v) is 13.6. The molecule has 0 saturated carbocycles. The van der Waals surface area contributed by atoms with Gasteiger partial charge in [-0.05, 0) is 37.2 Å². The average molecular weight is 309 g/mol. The normalized spacial score (nSPS) is 11.2. The number of thiophene rings is 1. The predicted octanol–water partition coefficient (Wildman–Crippen LogP) is 3.93. The standard InChI is InChI=1S/C16H21ClN2S/c1-13-5-3-4-6-14(13)12-19(2)10-9-18-11-15-7-8-16(17)20-15/h3-8,18H,9-12H2,1-2H3. The van der Waals surface area contributed by atoms with E-state index in [0.717, 1.165) is 30.5 Å². The maximum Gasteiger partial charge on any atom is 0.0931 e. The van der Waals surface area contributed by atoms with E-state index < -0.39 is 0 Å². The van der Waals surface area contributed by atoms with Crippen LogP contribution < -0.4 is 5.32 Å². The molecule has 0 aliphatic rings. The third kappa shape index (κ3) is 4.91. The molecule has 4 heteroatoms. The zero-order chi connectivity index (χ0) is 14.4. The summed E-state index contributed by atoms with van der Waals surface area (Å²) >= 11 is 7.55. The fourth-order valence-corrected chi connectivity index (χ4v) is 3.14. The highest BCUT2D eigenvalue weighted by Gasteiger charge is 2.03. The minimum atomic E-state index is 0.860. The third-order valence-corrected chi connectivity index (χ3v) is 4.53. The Kier molecular flexibility index (Phi) is 6.05. The van der Waals surface area contributed by atoms with E-state index in [1.54, 1.807) is 11.3 Å². The van der Waals surface area contributed by atoms with Gasteiger partial charge in [0.15, 0.2) is 0 Å². The van der Waals surface area contributed by atoms with E-state index in [-0.39, 0.29) is 0 Å². The van der Waals surface area contributed by atoms with Crippen LogP contribution in [0.2, 0.25) is 4.34 Å². The summed E-state index contributed by atoms with van der Waals surface area (Å²) in [6.45, 7) is 6.09. The number of benzene rings is 1. The van der Waals surface area contributed by atoms with Crippen molar-refractivity contribution in [1.82, 2.24) is 10.2 Å². The third-order valence-electron chi connectivity index (χ3n) is 3.30. The van der Waals surface area contributed by atoms with E-state index in [1.165, 1.54) is 16.0 Å². The van der Waals surface area contributed by atoms with Gasteiger partial charge in [-0.2, -0.15) is 0 Å². The molecule has 0 unspecified atom stereocenters. The fraction of sp³-hybridized carbons (Fsp3) is 0.375. The van der Waals surface area contributed by atoms with Gasteiger partial charge < -0.3 is 10.2 Å². The van der Waals surface area contributed by atoms with E-state index in [4.69, 9.17) is 11.6 Å². The second-order valence-corrected chi connectivity index (χ2v) is 6.85. The van der Waals surface area contributed by atoms with Crippen molar-refractivity contribution in [1.29, 1.82) is 0 Å². The molecular weight excluding hydrogens is 288 g/mol. The molecule has 0 atom stereocenters. The second kappa shape index (κ2) is 7.79. The molecular formula is C16H21ClN2S. The maximum absolute atomic E-state index is 5.91. The number of hydrogen-bond acceptors (Lipinski definition) is 3.